The molecule has 0 N–H and O–H groups in total. The molecule has 0 bridgehead atoms. The Kier molecular flexibility index (Phi) is 3.65. The van der Waals surface area contributed by atoms with Crippen molar-refractivity contribution in [1.82, 2.24) is 4.98 Å². The number of ketones is 1. The van der Waals surface area contributed by atoms with Crippen LogP contribution in [0.5, 0.6) is 0 Å². The van der Waals surface area contributed by atoms with Crippen LogP contribution in [0.1, 0.15) is 23.3 Å². The standard InChI is InChI=1S/C10H10ClNO/c1-2-3-4-10(13)9-6-5-8(11)7-12-9/h2,5-7H,1,3-4H2. The van der Waals surface area contributed by atoms with Gasteiger partial charge in [-0.25, -0.2) is 0 Å². The molecule has 0 radical (unpaired) electrons. The Morgan fingerprint density at radius 1 is 1.62 bits per heavy atom. The SMILES string of the molecule is C=CCCC(=O)c1ccc(Cl)cn1. The summed E-state index contributed by atoms with van der Waals surface area (Å²) in [4.78, 5) is 15.3. The van der Waals surface area contributed by atoms with E-state index in [0.717, 1.165) is 0 Å². The van der Waals surface area contributed by atoms with Crippen LogP contribution in [0.15, 0.2) is 31.0 Å². The first kappa shape index (κ1) is 9.93. The van der Waals surface area contributed by atoms with Crippen molar-refractivity contribution in [3.8, 4) is 0 Å². The van der Waals surface area contributed by atoms with Gasteiger partial charge >= 0.3 is 0 Å². The van der Waals surface area contributed by atoms with Crippen molar-refractivity contribution in [2.75, 3.05) is 0 Å². The summed E-state index contributed by atoms with van der Waals surface area (Å²) >= 11 is 5.63. The summed E-state index contributed by atoms with van der Waals surface area (Å²) in [7, 11) is 0. The molecule has 2 nitrogen and oxygen atoms in total. The van der Waals surface area contributed by atoms with Crippen molar-refractivity contribution >= 4 is 17.4 Å². The van der Waals surface area contributed by atoms with E-state index in [1.807, 2.05) is 0 Å². The largest absolute Gasteiger partial charge is 0.292 e. The zero-order valence-corrected chi connectivity index (χ0v) is 7.92. The first-order valence-electron chi connectivity index (χ1n) is 3.99. The van der Waals surface area contributed by atoms with Gasteiger partial charge in [0, 0.05) is 12.6 Å². The summed E-state index contributed by atoms with van der Waals surface area (Å²) < 4.78 is 0. The minimum Gasteiger partial charge on any atom is -0.292 e. The number of pyridine rings is 1. The van der Waals surface area contributed by atoms with Gasteiger partial charge in [0.15, 0.2) is 5.78 Å². The van der Waals surface area contributed by atoms with E-state index >= 15 is 0 Å². The number of nitrogens with zero attached hydrogens (tertiary/aromatic N) is 1. The Labute approximate surface area is 82.3 Å². The van der Waals surface area contributed by atoms with Gasteiger partial charge in [-0.15, -0.1) is 6.58 Å². The van der Waals surface area contributed by atoms with Crippen LogP contribution in [0.3, 0.4) is 0 Å². The van der Waals surface area contributed by atoms with Crippen LogP contribution in [0.4, 0.5) is 0 Å². The number of hydrogen-bond acceptors (Lipinski definition) is 2. The molecule has 3 heteroatoms. The molecule has 0 aliphatic heterocycles. The summed E-state index contributed by atoms with van der Waals surface area (Å²) in [5.74, 6) is 0.0246. The molecule has 1 rings (SSSR count). The molecule has 0 atom stereocenters. The molecular weight excluding hydrogens is 186 g/mol. The molecule has 13 heavy (non-hydrogen) atoms. The Morgan fingerprint density at radius 2 is 2.38 bits per heavy atom. The lowest BCUT2D eigenvalue weighted by molar-refractivity contribution is 0.0979. The summed E-state index contributed by atoms with van der Waals surface area (Å²) in [6.07, 6.45) is 4.33. The maximum atomic E-state index is 11.4. The van der Waals surface area contributed by atoms with Crippen molar-refractivity contribution in [2.45, 2.75) is 12.8 Å². The van der Waals surface area contributed by atoms with Gasteiger partial charge in [0.05, 0.1) is 5.02 Å². The normalized spacial score (nSPS) is 9.62. The van der Waals surface area contributed by atoms with Gasteiger partial charge in [-0.2, -0.15) is 0 Å². The van der Waals surface area contributed by atoms with Crippen LogP contribution in [0.25, 0.3) is 0 Å². The van der Waals surface area contributed by atoms with Gasteiger partial charge < -0.3 is 0 Å². The third kappa shape index (κ3) is 2.99. The first-order valence-corrected chi connectivity index (χ1v) is 4.37. The van der Waals surface area contributed by atoms with E-state index in [4.69, 9.17) is 11.6 Å². The number of carbonyl (C=O) groups excluding carboxylic acids is 1. The highest BCUT2D eigenvalue weighted by molar-refractivity contribution is 6.30. The number of aromatic nitrogens is 1. The Balaban J connectivity index is 2.66. The second-order valence-corrected chi connectivity index (χ2v) is 3.05. The van der Waals surface area contributed by atoms with Crippen LogP contribution in [-0.2, 0) is 0 Å². The Morgan fingerprint density at radius 3 is 2.92 bits per heavy atom. The number of hydrogen-bond donors (Lipinski definition) is 0. The quantitative estimate of drug-likeness (QED) is 0.546. The maximum absolute atomic E-state index is 11.4. The fourth-order valence-electron chi connectivity index (χ4n) is 0.902. The molecular formula is C10H10ClNO. The number of halogens is 1. The number of allylic oxidation sites excluding steroid dienone is 1. The van der Waals surface area contributed by atoms with Crippen LogP contribution in [0, 0.1) is 0 Å². The highest BCUT2D eigenvalue weighted by Gasteiger charge is 2.04. The lowest BCUT2D eigenvalue weighted by atomic mass is 10.1. The van der Waals surface area contributed by atoms with Crippen molar-refractivity contribution in [3.05, 3.63) is 41.7 Å². The van der Waals surface area contributed by atoms with Gasteiger partial charge in [0.2, 0.25) is 0 Å². The number of carbonyl (C=O) groups is 1. The van der Waals surface area contributed by atoms with Crippen molar-refractivity contribution in [3.63, 3.8) is 0 Å². The number of Topliss-reactive ketones (excluding diaryl/α,β-unsaturated/α-hetero) is 1. The smallest absolute Gasteiger partial charge is 0.181 e. The van der Waals surface area contributed by atoms with E-state index in [0.29, 0.717) is 23.6 Å². The molecule has 0 aromatic carbocycles. The topological polar surface area (TPSA) is 30.0 Å². The zero-order chi connectivity index (χ0) is 9.68. The van der Waals surface area contributed by atoms with Gasteiger partial charge in [-0.05, 0) is 18.6 Å². The molecule has 1 aromatic heterocycles. The molecule has 0 amide bonds. The summed E-state index contributed by atoms with van der Waals surface area (Å²) in [6.45, 7) is 3.55. The predicted octanol–water partition coefficient (Wildman–Crippen LogP) is 2.88. The van der Waals surface area contributed by atoms with E-state index in [-0.39, 0.29) is 5.78 Å². The average Bonchev–Trinajstić information content (AvgIpc) is 2.15. The molecule has 0 aliphatic rings. The second kappa shape index (κ2) is 4.77. The van der Waals surface area contributed by atoms with Crippen molar-refractivity contribution in [2.24, 2.45) is 0 Å². The lowest BCUT2D eigenvalue weighted by Gasteiger charge is -1.97. The molecule has 0 saturated carbocycles. The highest BCUT2D eigenvalue weighted by Crippen LogP contribution is 2.08. The predicted molar refractivity (Wildman–Crippen MR) is 53.0 cm³/mol. The van der Waals surface area contributed by atoms with Gasteiger partial charge in [-0.3, -0.25) is 9.78 Å². The zero-order valence-electron chi connectivity index (χ0n) is 7.16. The maximum Gasteiger partial charge on any atom is 0.181 e. The van der Waals surface area contributed by atoms with Crippen LogP contribution < -0.4 is 0 Å². The van der Waals surface area contributed by atoms with Crippen LogP contribution in [-0.4, -0.2) is 10.8 Å². The molecule has 1 aromatic rings. The third-order valence-corrected chi connectivity index (χ3v) is 1.81. The van der Waals surface area contributed by atoms with E-state index in [9.17, 15) is 4.79 Å². The van der Waals surface area contributed by atoms with Gasteiger partial charge in [0.25, 0.3) is 0 Å². The van der Waals surface area contributed by atoms with Gasteiger partial charge in [-0.1, -0.05) is 17.7 Å². The Hall–Kier alpha value is -1.15. The average molecular weight is 196 g/mol. The molecule has 0 aliphatic carbocycles. The van der Waals surface area contributed by atoms with Gasteiger partial charge in [0.1, 0.15) is 5.69 Å². The fourth-order valence-corrected chi connectivity index (χ4v) is 1.01. The fraction of sp³-hybridized carbons (Fsp3) is 0.200. The van der Waals surface area contributed by atoms with Crippen LogP contribution >= 0.6 is 11.6 Å². The lowest BCUT2D eigenvalue weighted by Crippen LogP contribution is -2.00. The van der Waals surface area contributed by atoms with E-state index in [1.165, 1.54) is 6.20 Å². The first-order chi connectivity index (χ1) is 6.24. The molecule has 0 fully saturated rings. The molecule has 0 saturated heterocycles. The highest BCUT2D eigenvalue weighted by atomic mass is 35.5. The summed E-state index contributed by atoms with van der Waals surface area (Å²) in [5.41, 5.74) is 0.464. The summed E-state index contributed by atoms with van der Waals surface area (Å²) in [6, 6.07) is 3.30. The van der Waals surface area contributed by atoms with E-state index in [2.05, 4.69) is 11.6 Å². The minimum absolute atomic E-state index is 0.0246. The number of rotatable bonds is 4. The Bertz CT molecular complexity index is 305. The van der Waals surface area contributed by atoms with E-state index in [1.54, 1.807) is 18.2 Å². The molecule has 68 valence electrons. The molecule has 0 spiro atoms. The molecule has 0 unspecified atom stereocenters. The summed E-state index contributed by atoms with van der Waals surface area (Å²) in [5, 5.41) is 0.542. The molecule has 1 heterocycles. The minimum atomic E-state index is 0.0246. The second-order valence-electron chi connectivity index (χ2n) is 2.61. The van der Waals surface area contributed by atoms with Crippen molar-refractivity contribution in [1.29, 1.82) is 0 Å². The monoisotopic (exact) mass is 195 g/mol. The van der Waals surface area contributed by atoms with Crippen molar-refractivity contribution < 1.29 is 4.79 Å². The van der Waals surface area contributed by atoms with E-state index < -0.39 is 0 Å². The van der Waals surface area contributed by atoms with Crippen LogP contribution in [0.2, 0.25) is 5.02 Å². The third-order valence-electron chi connectivity index (χ3n) is 1.59.